The number of carbonyl (C=O) groups is 1. The van der Waals surface area contributed by atoms with Gasteiger partial charge in [0.15, 0.2) is 5.82 Å². The number of aromatic nitrogens is 2. The van der Waals surface area contributed by atoms with Crippen molar-refractivity contribution in [2.24, 2.45) is 5.73 Å². The van der Waals surface area contributed by atoms with Crippen LogP contribution in [-0.2, 0) is 12.8 Å². The van der Waals surface area contributed by atoms with Gasteiger partial charge in [-0.1, -0.05) is 18.2 Å². The Morgan fingerprint density at radius 3 is 2.81 bits per heavy atom. The van der Waals surface area contributed by atoms with E-state index in [9.17, 15) is 4.79 Å². The summed E-state index contributed by atoms with van der Waals surface area (Å²) in [5.74, 6) is 1.23. The van der Waals surface area contributed by atoms with Crippen LogP contribution in [-0.4, -0.2) is 21.4 Å². The van der Waals surface area contributed by atoms with E-state index in [-0.39, 0.29) is 5.54 Å². The number of anilines is 1. The number of nitrogens with two attached hydrogens (primary N) is 1. The lowest BCUT2D eigenvalue weighted by Crippen LogP contribution is -2.19. The summed E-state index contributed by atoms with van der Waals surface area (Å²) in [7, 11) is 0. The standard InChI is InChI=1S/C21H22N4O2/c1-11-15(17(22)26)16-19(25-21(2)9-10-21)23-18(24-20(16)27-11)14-8-4-6-12-5-3-7-13(12)14/h4,6,8H,3,5,7,9-10H2,1-2H3,(H2,22,26)(H,23,24,25). The zero-order chi connectivity index (χ0) is 18.8. The predicted octanol–water partition coefficient (Wildman–Crippen LogP) is 3.75. The minimum atomic E-state index is -0.521. The summed E-state index contributed by atoms with van der Waals surface area (Å²) in [6, 6.07) is 6.31. The van der Waals surface area contributed by atoms with Gasteiger partial charge in [0.25, 0.3) is 5.91 Å². The molecule has 3 aromatic rings. The molecule has 1 amide bonds. The van der Waals surface area contributed by atoms with Gasteiger partial charge in [-0.2, -0.15) is 4.98 Å². The number of hydrogen-bond acceptors (Lipinski definition) is 5. The number of benzene rings is 1. The monoisotopic (exact) mass is 362 g/mol. The van der Waals surface area contributed by atoms with Crippen molar-refractivity contribution < 1.29 is 9.21 Å². The molecule has 27 heavy (non-hydrogen) atoms. The Morgan fingerprint density at radius 1 is 1.26 bits per heavy atom. The second kappa shape index (κ2) is 5.55. The average molecular weight is 362 g/mol. The van der Waals surface area contributed by atoms with Crippen molar-refractivity contribution in [3.63, 3.8) is 0 Å². The van der Waals surface area contributed by atoms with E-state index in [2.05, 4.69) is 35.4 Å². The fourth-order valence-corrected chi connectivity index (χ4v) is 4.05. The molecule has 138 valence electrons. The number of nitrogens with zero attached hydrogens (tertiary/aromatic N) is 2. The highest BCUT2D eigenvalue weighted by atomic mass is 16.3. The Morgan fingerprint density at radius 2 is 2.07 bits per heavy atom. The van der Waals surface area contributed by atoms with E-state index in [0.717, 1.165) is 37.7 Å². The molecule has 0 radical (unpaired) electrons. The normalized spacial score (nSPS) is 17.1. The molecule has 1 fully saturated rings. The van der Waals surface area contributed by atoms with Crippen LogP contribution in [0.1, 0.15) is 53.4 Å². The van der Waals surface area contributed by atoms with Crippen LogP contribution in [0.3, 0.4) is 0 Å². The summed E-state index contributed by atoms with van der Waals surface area (Å²) in [5, 5.41) is 4.09. The molecule has 6 heteroatoms. The van der Waals surface area contributed by atoms with Crippen molar-refractivity contribution >= 4 is 22.8 Å². The average Bonchev–Trinajstić information content (AvgIpc) is 3.05. The van der Waals surface area contributed by atoms with Gasteiger partial charge in [0, 0.05) is 11.1 Å². The summed E-state index contributed by atoms with van der Waals surface area (Å²) in [5.41, 5.74) is 10.1. The van der Waals surface area contributed by atoms with Crippen LogP contribution in [0, 0.1) is 6.92 Å². The maximum atomic E-state index is 12.0. The molecule has 1 saturated carbocycles. The van der Waals surface area contributed by atoms with E-state index in [4.69, 9.17) is 15.1 Å². The van der Waals surface area contributed by atoms with Crippen molar-refractivity contribution in [1.29, 1.82) is 0 Å². The lowest BCUT2D eigenvalue weighted by Gasteiger charge is -2.15. The summed E-state index contributed by atoms with van der Waals surface area (Å²) in [6.07, 6.45) is 5.43. The lowest BCUT2D eigenvalue weighted by molar-refractivity contribution is 0.1000. The number of carbonyl (C=O) groups excluding carboxylic acids is 1. The van der Waals surface area contributed by atoms with Crippen LogP contribution >= 0.6 is 0 Å². The van der Waals surface area contributed by atoms with Crippen molar-refractivity contribution in [2.75, 3.05) is 5.32 Å². The van der Waals surface area contributed by atoms with Crippen LogP contribution in [0.5, 0.6) is 0 Å². The summed E-state index contributed by atoms with van der Waals surface area (Å²) in [4.78, 5) is 21.5. The molecule has 2 aromatic heterocycles. The van der Waals surface area contributed by atoms with Gasteiger partial charge in [0.1, 0.15) is 11.6 Å². The molecule has 6 nitrogen and oxygen atoms in total. The maximum absolute atomic E-state index is 12.0. The fraction of sp³-hybridized carbons (Fsp3) is 0.381. The number of hydrogen-bond donors (Lipinski definition) is 2. The fourth-order valence-electron chi connectivity index (χ4n) is 4.05. The Bertz CT molecular complexity index is 1100. The molecule has 0 spiro atoms. The maximum Gasteiger partial charge on any atom is 0.253 e. The second-order valence-corrected chi connectivity index (χ2v) is 7.96. The van der Waals surface area contributed by atoms with E-state index >= 15 is 0 Å². The second-order valence-electron chi connectivity index (χ2n) is 7.96. The molecular weight excluding hydrogens is 340 g/mol. The molecule has 2 aliphatic carbocycles. The first kappa shape index (κ1) is 16.3. The van der Waals surface area contributed by atoms with Gasteiger partial charge < -0.3 is 15.5 Å². The molecule has 0 bridgehead atoms. The smallest absolute Gasteiger partial charge is 0.253 e. The van der Waals surface area contributed by atoms with Crippen molar-refractivity contribution in [2.45, 2.75) is 51.5 Å². The quantitative estimate of drug-likeness (QED) is 0.737. The van der Waals surface area contributed by atoms with Crippen molar-refractivity contribution in [3.05, 3.63) is 40.6 Å². The third-order valence-electron chi connectivity index (χ3n) is 5.78. The Balaban J connectivity index is 1.76. The van der Waals surface area contributed by atoms with Crippen LogP contribution in [0.2, 0.25) is 0 Å². The third-order valence-corrected chi connectivity index (χ3v) is 5.78. The Labute approximate surface area is 157 Å². The Kier molecular flexibility index (Phi) is 3.35. The number of fused-ring (bicyclic) bond motifs is 2. The molecule has 0 aliphatic heterocycles. The first-order valence-electron chi connectivity index (χ1n) is 9.45. The molecule has 2 heterocycles. The third kappa shape index (κ3) is 2.59. The van der Waals surface area contributed by atoms with Gasteiger partial charge >= 0.3 is 0 Å². The molecule has 1 aromatic carbocycles. The van der Waals surface area contributed by atoms with Gasteiger partial charge in [-0.15, -0.1) is 0 Å². The van der Waals surface area contributed by atoms with E-state index < -0.39 is 5.91 Å². The predicted molar refractivity (Wildman–Crippen MR) is 104 cm³/mol. The molecule has 0 atom stereocenters. The first-order valence-corrected chi connectivity index (χ1v) is 9.45. The zero-order valence-corrected chi connectivity index (χ0v) is 15.6. The van der Waals surface area contributed by atoms with Gasteiger partial charge in [0.05, 0.1) is 10.9 Å². The van der Waals surface area contributed by atoms with Crippen LogP contribution < -0.4 is 11.1 Å². The summed E-state index contributed by atoms with van der Waals surface area (Å²) in [6.45, 7) is 3.89. The number of rotatable bonds is 4. The van der Waals surface area contributed by atoms with Gasteiger partial charge in [-0.3, -0.25) is 4.79 Å². The highest BCUT2D eigenvalue weighted by molar-refractivity contribution is 6.09. The highest BCUT2D eigenvalue weighted by Crippen LogP contribution is 2.41. The largest absolute Gasteiger partial charge is 0.442 e. The zero-order valence-electron chi connectivity index (χ0n) is 15.6. The number of aryl methyl sites for hydroxylation is 2. The minimum absolute atomic E-state index is 0.00270. The van der Waals surface area contributed by atoms with Crippen molar-refractivity contribution in [1.82, 2.24) is 9.97 Å². The van der Waals surface area contributed by atoms with Crippen LogP contribution in [0.15, 0.2) is 22.6 Å². The lowest BCUT2D eigenvalue weighted by atomic mass is 10.0. The molecule has 3 N–H and O–H groups in total. The van der Waals surface area contributed by atoms with E-state index in [1.807, 2.05) is 0 Å². The van der Waals surface area contributed by atoms with Crippen molar-refractivity contribution in [3.8, 4) is 11.4 Å². The van der Waals surface area contributed by atoms with E-state index in [0.29, 0.717) is 34.1 Å². The molecule has 0 saturated heterocycles. The minimum Gasteiger partial charge on any atom is -0.442 e. The van der Waals surface area contributed by atoms with Gasteiger partial charge in [-0.25, -0.2) is 4.98 Å². The Hall–Kier alpha value is -2.89. The van der Waals surface area contributed by atoms with Gasteiger partial charge in [0.2, 0.25) is 5.71 Å². The molecule has 2 aliphatic rings. The summed E-state index contributed by atoms with van der Waals surface area (Å²) < 4.78 is 5.83. The van der Waals surface area contributed by atoms with Crippen LogP contribution in [0.4, 0.5) is 5.82 Å². The van der Waals surface area contributed by atoms with E-state index in [1.54, 1.807) is 6.92 Å². The number of amides is 1. The van der Waals surface area contributed by atoms with Crippen LogP contribution in [0.25, 0.3) is 22.5 Å². The molecular formula is C21H22N4O2. The topological polar surface area (TPSA) is 94.0 Å². The summed E-state index contributed by atoms with van der Waals surface area (Å²) >= 11 is 0. The number of primary amides is 1. The van der Waals surface area contributed by atoms with Gasteiger partial charge in [-0.05, 0) is 57.1 Å². The molecule has 0 unspecified atom stereocenters. The first-order chi connectivity index (χ1) is 13.0. The van der Waals surface area contributed by atoms with E-state index in [1.165, 1.54) is 11.1 Å². The highest BCUT2D eigenvalue weighted by Gasteiger charge is 2.39. The number of nitrogens with one attached hydrogen (secondary N) is 1. The molecule has 5 rings (SSSR count). The SMILES string of the molecule is Cc1oc2nc(-c3cccc4c3CCC4)nc(NC3(C)CC3)c2c1C(N)=O. The number of furan rings is 1.